The van der Waals surface area contributed by atoms with Gasteiger partial charge in [-0.15, -0.1) is 0 Å². The second-order valence-electron chi connectivity index (χ2n) is 4.36. The van der Waals surface area contributed by atoms with Crippen LogP contribution in [0.1, 0.15) is 19.6 Å². The third-order valence-corrected chi connectivity index (χ3v) is 2.51. The number of ether oxygens (including phenoxy) is 1. The van der Waals surface area contributed by atoms with E-state index >= 15 is 0 Å². The number of aromatic nitrogens is 1. The molecule has 0 saturated heterocycles. The van der Waals surface area contributed by atoms with Crippen molar-refractivity contribution < 1.29 is 9.15 Å². The lowest BCUT2D eigenvalue weighted by atomic mass is 10.1. The molecule has 0 spiro atoms. The van der Waals surface area contributed by atoms with Crippen LogP contribution in [0.3, 0.4) is 0 Å². The standard InChI is InChI=1S/C14H18N2O2/c1-9(2)17-12-7-5-11(6-8-12)13-10(3)18-14(15-4)16-13/h5-9H,1-4H3,(H,15,16). The molecule has 0 aliphatic carbocycles. The Morgan fingerprint density at radius 2 is 1.89 bits per heavy atom. The highest BCUT2D eigenvalue weighted by Gasteiger charge is 2.10. The minimum Gasteiger partial charge on any atom is -0.491 e. The van der Waals surface area contributed by atoms with Crippen LogP contribution in [0.15, 0.2) is 28.7 Å². The van der Waals surface area contributed by atoms with Crippen LogP contribution in [0.4, 0.5) is 6.01 Å². The summed E-state index contributed by atoms with van der Waals surface area (Å²) in [7, 11) is 1.79. The molecule has 1 heterocycles. The highest BCUT2D eigenvalue weighted by atomic mass is 16.5. The van der Waals surface area contributed by atoms with Crippen LogP contribution in [-0.4, -0.2) is 18.1 Å². The van der Waals surface area contributed by atoms with Gasteiger partial charge in [0, 0.05) is 12.6 Å². The number of rotatable bonds is 4. The van der Waals surface area contributed by atoms with Crippen molar-refractivity contribution in [1.29, 1.82) is 0 Å². The molecule has 0 atom stereocenters. The number of nitrogens with zero attached hydrogens (tertiary/aromatic N) is 1. The maximum absolute atomic E-state index is 5.61. The third-order valence-electron chi connectivity index (χ3n) is 2.51. The largest absolute Gasteiger partial charge is 0.491 e. The average molecular weight is 246 g/mol. The summed E-state index contributed by atoms with van der Waals surface area (Å²) in [6.45, 7) is 5.92. The summed E-state index contributed by atoms with van der Waals surface area (Å²) in [5, 5.41) is 2.89. The second kappa shape index (κ2) is 5.12. The molecule has 0 saturated carbocycles. The lowest BCUT2D eigenvalue weighted by Crippen LogP contribution is -2.05. The Morgan fingerprint density at radius 1 is 1.22 bits per heavy atom. The summed E-state index contributed by atoms with van der Waals surface area (Å²) in [4.78, 5) is 4.37. The fourth-order valence-electron chi connectivity index (χ4n) is 1.73. The van der Waals surface area contributed by atoms with E-state index in [1.54, 1.807) is 7.05 Å². The molecule has 1 N–H and O–H groups in total. The highest BCUT2D eigenvalue weighted by Crippen LogP contribution is 2.27. The Bertz CT molecular complexity index is 515. The van der Waals surface area contributed by atoms with Crippen molar-refractivity contribution in [2.75, 3.05) is 12.4 Å². The van der Waals surface area contributed by atoms with Crippen molar-refractivity contribution in [3.05, 3.63) is 30.0 Å². The highest BCUT2D eigenvalue weighted by molar-refractivity contribution is 5.63. The van der Waals surface area contributed by atoms with Crippen LogP contribution in [0.2, 0.25) is 0 Å². The summed E-state index contributed by atoms with van der Waals surface area (Å²) < 4.78 is 11.1. The molecule has 0 fully saturated rings. The van der Waals surface area contributed by atoms with E-state index in [0.717, 1.165) is 22.8 Å². The zero-order valence-electron chi connectivity index (χ0n) is 11.2. The van der Waals surface area contributed by atoms with Gasteiger partial charge in [0.15, 0.2) is 0 Å². The van der Waals surface area contributed by atoms with Crippen molar-refractivity contribution >= 4 is 6.01 Å². The smallest absolute Gasteiger partial charge is 0.295 e. The second-order valence-corrected chi connectivity index (χ2v) is 4.36. The molecule has 18 heavy (non-hydrogen) atoms. The van der Waals surface area contributed by atoms with Crippen LogP contribution in [0.25, 0.3) is 11.3 Å². The molecule has 0 aliphatic rings. The number of hydrogen-bond acceptors (Lipinski definition) is 4. The van der Waals surface area contributed by atoms with E-state index < -0.39 is 0 Å². The molecule has 96 valence electrons. The van der Waals surface area contributed by atoms with Gasteiger partial charge in [-0.05, 0) is 45.0 Å². The van der Waals surface area contributed by atoms with Crippen LogP contribution in [0, 0.1) is 6.92 Å². The lowest BCUT2D eigenvalue weighted by Gasteiger charge is -2.09. The third kappa shape index (κ3) is 2.64. The average Bonchev–Trinajstić information content (AvgIpc) is 2.71. The molecule has 2 aromatic rings. The van der Waals surface area contributed by atoms with E-state index in [4.69, 9.17) is 9.15 Å². The molecule has 0 unspecified atom stereocenters. The molecule has 2 rings (SSSR count). The predicted molar refractivity (Wildman–Crippen MR) is 72.0 cm³/mol. The molecule has 0 aliphatic heterocycles. The van der Waals surface area contributed by atoms with Crippen molar-refractivity contribution in [3.63, 3.8) is 0 Å². The zero-order valence-corrected chi connectivity index (χ0v) is 11.2. The molecule has 0 radical (unpaired) electrons. The van der Waals surface area contributed by atoms with Gasteiger partial charge in [0.05, 0.1) is 6.10 Å². The molecule has 0 amide bonds. The van der Waals surface area contributed by atoms with Crippen molar-refractivity contribution in [3.8, 4) is 17.0 Å². The number of aryl methyl sites for hydroxylation is 1. The van der Waals surface area contributed by atoms with Gasteiger partial charge in [-0.3, -0.25) is 0 Å². The van der Waals surface area contributed by atoms with Gasteiger partial charge in [-0.1, -0.05) is 0 Å². The van der Waals surface area contributed by atoms with Crippen molar-refractivity contribution in [1.82, 2.24) is 4.98 Å². The first-order chi connectivity index (χ1) is 8.60. The molecule has 4 heteroatoms. The number of benzene rings is 1. The SMILES string of the molecule is CNc1nc(-c2ccc(OC(C)C)cc2)c(C)o1. The maximum atomic E-state index is 5.61. The van der Waals surface area contributed by atoms with Gasteiger partial charge in [-0.2, -0.15) is 4.98 Å². The number of anilines is 1. The fourth-order valence-corrected chi connectivity index (χ4v) is 1.73. The summed E-state index contributed by atoms with van der Waals surface area (Å²) in [5.74, 6) is 1.67. The van der Waals surface area contributed by atoms with Crippen molar-refractivity contribution in [2.45, 2.75) is 26.9 Å². The van der Waals surface area contributed by atoms with E-state index in [1.165, 1.54) is 0 Å². The van der Waals surface area contributed by atoms with E-state index in [0.29, 0.717) is 6.01 Å². The normalized spacial score (nSPS) is 10.7. The summed E-state index contributed by atoms with van der Waals surface area (Å²) in [6.07, 6.45) is 0.181. The molecule has 1 aromatic heterocycles. The Morgan fingerprint density at radius 3 is 2.39 bits per heavy atom. The molecule has 0 bridgehead atoms. The number of hydrogen-bond donors (Lipinski definition) is 1. The lowest BCUT2D eigenvalue weighted by molar-refractivity contribution is 0.242. The fraction of sp³-hybridized carbons (Fsp3) is 0.357. The number of nitrogens with one attached hydrogen (secondary N) is 1. The minimum absolute atomic E-state index is 0.181. The molecular formula is C14H18N2O2. The van der Waals surface area contributed by atoms with E-state index in [1.807, 2.05) is 45.0 Å². The Labute approximate surface area is 107 Å². The summed E-state index contributed by atoms with van der Waals surface area (Å²) in [5.41, 5.74) is 1.88. The van der Waals surface area contributed by atoms with E-state index in [-0.39, 0.29) is 6.10 Å². The maximum Gasteiger partial charge on any atom is 0.295 e. The van der Waals surface area contributed by atoms with Crippen LogP contribution < -0.4 is 10.1 Å². The van der Waals surface area contributed by atoms with E-state index in [9.17, 15) is 0 Å². The first kappa shape index (κ1) is 12.5. The van der Waals surface area contributed by atoms with Gasteiger partial charge in [0.25, 0.3) is 6.01 Å². The van der Waals surface area contributed by atoms with E-state index in [2.05, 4.69) is 10.3 Å². The van der Waals surface area contributed by atoms with Gasteiger partial charge in [0.2, 0.25) is 0 Å². The van der Waals surface area contributed by atoms with Gasteiger partial charge < -0.3 is 14.5 Å². The molecular weight excluding hydrogens is 228 g/mol. The van der Waals surface area contributed by atoms with Crippen LogP contribution in [0.5, 0.6) is 5.75 Å². The monoisotopic (exact) mass is 246 g/mol. The quantitative estimate of drug-likeness (QED) is 0.897. The number of oxazole rings is 1. The van der Waals surface area contributed by atoms with Crippen LogP contribution >= 0.6 is 0 Å². The predicted octanol–water partition coefficient (Wildman–Crippen LogP) is 3.48. The van der Waals surface area contributed by atoms with Gasteiger partial charge >= 0.3 is 0 Å². The first-order valence-corrected chi connectivity index (χ1v) is 6.02. The Hall–Kier alpha value is -1.97. The van der Waals surface area contributed by atoms with Crippen molar-refractivity contribution in [2.24, 2.45) is 0 Å². The van der Waals surface area contributed by atoms with Gasteiger partial charge in [-0.25, -0.2) is 0 Å². The molecule has 4 nitrogen and oxygen atoms in total. The summed E-state index contributed by atoms with van der Waals surface area (Å²) in [6, 6.07) is 8.40. The Kier molecular flexibility index (Phi) is 3.55. The zero-order chi connectivity index (χ0) is 13.1. The Balaban J connectivity index is 2.25. The van der Waals surface area contributed by atoms with Crippen LogP contribution in [-0.2, 0) is 0 Å². The first-order valence-electron chi connectivity index (χ1n) is 6.02. The topological polar surface area (TPSA) is 47.3 Å². The summed E-state index contributed by atoms with van der Waals surface area (Å²) >= 11 is 0. The van der Waals surface area contributed by atoms with Gasteiger partial charge in [0.1, 0.15) is 17.2 Å². The molecule has 1 aromatic carbocycles. The minimum atomic E-state index is 0.181.